The van der Waals surface area contributed by atoms with Gasteiger partial charge in [-0.2, -0.15) is 0 Å². The van der Waals surface area contributed by atoms with E-state index in [-0.39, 0.29) is 0 Å². The van der Waals surface area contributed by atoms with Gasteiger partial charge in [0.25, 0.3) is 0 Å². The fourth-order valence-electron chi connectivity index (χ4n) is 2.30. The third-order valence-electron chi connectivity index (χ3n) is 4.01. The molecule has 0 atom stereocenters. The average Bonchev–Trinajstić information content (AvgIpc) is 2.76. The number of oxime groups is 3. The first kappa shape index (κ1) is 36.0. The fraction of sp³-hybridized carbons (Fsp3) is 0.889. The first-order chi connectivity index (χ1) is 15.8. The molecule has 0 saturated carbocycles. The summed E-state index contributed by atoms with van der Waals surface area (Å²) in [5.41, 5.74) is 2.96. The van der Waals surface area contributed by atoms with Crippen LogP contribution in [0.5, 0.6) is 0 Å². The lowest BCUT2D eigenvalue weighted by atomic mass is 10.2. The van der Waals surface area contributed by atoms with Gasteiger partial charge in [-0.05, 0) is 80.1 Å². The predicted octanol–water partition coefficient (Wildman–Crippen LogP) is 8.94. The second-order valence-corrected chi connectivity index (χ2v) is 8.80. The van der Waals surface area contributed by atoms with Gasteiger partial charge in [-0.1, -0.05) is 74.8 Å². The van der Waals surface area contributed by atoms with Crippen LogP contribution in [0.15, 0.2) is 15.5 Å². The molecule has 0 aromatic rings. The van der Waals surface area contributed by atoms with Crippen molar-refractivity contribution in [1.82, 2.24) is 0 Å². The maximum Gasteiger partial charge on any atom is 0.117 e. The molecule has 0 saturated heterocycles. The molecule has 0 spiro atoms. The highest BCUT2D eigenvalue weighted by molar-refractivity contribution is 5.78. The summed E-state index contributed by atoms with van der Waals surface area (Å²) >= 11 is 0. The van der Waals surface area contributed by atoms with E-state index < -0.39 is 0 Å². The van der Waals surface area contributed by atoms with Crippen molar-refractivity contribution in [3.05, 3.63) is 0 Å². The molecule has 33 heavy (non-hydrogen) atoms. The quantitative estimate of drug-likeness (QED) is 0.114. The molecule has 0 aliphatic carbocycles. The van der Waals surface area contributed by atoms with Crippen LogP contribution >= 0.6 is 0 Å². The summed E-state index contributed by atoms with van der Waals surface area (Å²) < 4.78 is 0. The monoisotopic (exact) mass is 471 g/mol. The molecule has 0 N–H and O–H groups in total. The maximum absolute atomic E-state index is 5.03. The lowest BCUT2D eigenvalue weighted by Gasteiger charge is -1.98. The van der Waals surface area contributed by atoms with Crippen LogP contribution in [-0.2, 0) is 14.5 Å². The smallest absolute Gasteiger partial charge is 0.117 e. The number of unbranched alkanes of at least 4 members (excludes halogenated alkanes) is 9. The number of hydrogen-bond donors (Lipinski definition) is 0. The van der Waals surface area contributed by atoms with Crippen LogP contribution in [0, 0.1) is 0 Å². The highest BCUT2D eigenvalue weighted by atomic mass is 16.6. The molecule has 0 fully saturated rings. The van der Waals surface area contributed by atoms with Crippen LogP contribution in [0.25, 0.3) is 0 Å². The van der Waals surface area contributed by atoms with Crippen molar-refractivity contribution in [1.29, 1.82) is 0 Å². The maximum atomic E-state index is 5.03. The van der Waals surface area contributed by atoms with Crippen LogP contribution in [0.3, 0.4) is 0 Å². The Hall–Kier alpha value is -1.59. The summed E-state index contributed by atoms with van der Waals surface area (Å²) in [6, 6.07) is 0. The predicted molar refractivity (Wildman–Crippen MR) is 147 cm³/mol. The van der Waals surface area contributed by atoms with Crippen molar-refractivity contribution in [2.45, 2.75) is 139 Å². The minimum absolute atomic E-state index is 0.769. The van der Waals surface area contributed by atoms with Gasteiger partial charge in [0.15, 0.2) is 0 Å². The standard InChI is InChI=1S/3C9H19NO/c3*1-4-5-6-7-8-11-10-9(2)3/h3*4-8H2,1-3H3. The Morgan fingerprint density at radius 1 is 0.394 bits per heavy atom. The Bertz CT molecular complexity index is 385. The number of rotatable bonds is 18. The second kappa shape index (κ2) is 32.6. The summed E-state index contributed by atoms with van der Waals surface area (Å²) in [5.74, 6) is 0. The van der Waals surface area contributed by atoms with Gasteiger partial charge in [0.2, 0.25) is 0 Å². The van der Waals surface area contributed by atoms with E-state index in [0.717, 1.165) is 56.2 Å². The van der Waals surface area contributed by atoms with Crippen LogP contribution in [0.2, 0.25) is 0 Å². The molecule has 0 bridgehead atoms. The van der Waals surface area contributed by atoms with Gasteiger partial charge in [-0.3, -0.25) is 0 Å². The molecular weight excluding hydrogens is 414 g/mol. The average molecular weight is 472 g/mol. The SMILES string of the molecule is CCCCCCON=C(C)C.CCCCCCON=C(C)C.CCCCCCON=C(C)C. The summed E-state index contributed by atoms with van der Waals surface area (Å²) in [5, 5.41) is 11.5. The Balaban J connectivity index is -0.000000409. The highest BCUT2D eigenvalue weighted by Gasteiger charge is 1.88. The number of hydrogen-bond acceptors (Lipinski definition) is 6. The normalized spacial score (nSPS) is 9.36. The molecule has 198 valence electrons. The number of nitrogens with zero attached hydrogens (tertiary/aromatic N) is 3. The Morgan fingerprint density at radius 2 is 0.636 bits per heavy atom. The van der Waals surface area contributed by atoms with Crippen molar-refractivity contribution in [2.24, 2.45) is 15.5 Å². The molecule has 0 aliphatic rings. The van der Waals surface area contributed by atoms with Crippen LogP contribution in [-0.4, -0.2) is 37.0 Å². The zero-order valence-corrected chi connectivity index (χ0v) is 23.7. The third-order valence-corrected chi connectivity index (χ3v) is 4.01. The van der Waals surface area contributed by atoms with Crippen molar-refractivity contribution < 1.29 is 14.5 Å². The van der Waals surface area contributed by atoms with Gasteiger partial charge >= 0.3 is 0 Å². The zero-order chi connectivity index (χ0) is 25.6. The van der Waals surface area contributed by atoms with E-state index in [0.29, 0.717) is 0 Å². The van der Waals surface area contributed by atoms with Gasteiger partial charge in [0.1, 0.15) is 19.8 Å². The Kier molecular flexibility index (Phi) is 35.5. The first-order valence-corrected chi connectivity index (χ1v) is 13.2. The summed E-state index contributed by atoms with van der Waals surface area (Å²) in [6.07, 6.45) is 14.9. The van der Waals surface area contributed by atoms with E-state index in [4.69, 9.17) is 14.5 Å². The topological polar surface area (TPSA) is 64.8 Å². The Morgan fingerprint density at radius 3 is 0.818 bits per heavy atom. The Labute approximate surface area is 206 Å². The molecule has 0 heterocycles. The van der Waals surface area contributed by atoms with Crippen LogP contribution in [0.1, 0.15) is 139 Å². The fourth-order valence-corrected chi connectivity index (χ4v) is 2.30. The minimum Gasteiger partial charge on any atom is -0.396 e. The molecule has 6 heteroatoms. The lowest BCUT2D eigenvalue weighted by molar-refractivity contribution is 0.139. The van der Waals surface area contributed by atoms with Gasteiger partial charge in [0, 0.05) is 0 Å². The lowest BCUT2D eigenvalue weighted by Crippen LogP contribution is -1.90. The van der Waals surface area contributed by atoms with Crippen molar-refractivity contribution in [3.8, 4) is 0 Å². The molecule has 0 aliphatic heterocycles. The van der Waals surface area contributed by atoms with E-state index >= 15 is 0 Å². The van der Waals surface area contributed by atoms with E-state index in [9.17, 15) is 0 Å². The summed E-state index contributed by atoms with van der Waals surface area (Å²) in [7, 11) is 0. The minimum atomic E-state index is 0.769. The van der Waals surface area contributed by atoms with Gasteiger partial charge in [-0.25, -0.2) is 0 Å². The third kappa shape index (κ3) is 48.9. The molecule has 0 radical (unpaired) electrons. The van der Waals surface area contributed by atoms with Gasteiger partial charge < -0.3 is 14.5 Å². The van der Waals surface area contributed by atoms with Crippen molar-refractivity contribution in [3.63, 3.8) is 0 Å². The van der Waals surface area contributed by atoms with Crippen LogP contribution in [0.4, 0.5) is 0 Å². The van der Waals surface area contributed by atoms with E-state index in [1.165, 1.54) is 57.8 Å². The van der Waals surface area contributed by atoms with Crippen LogP contribution < -0.4 is 0 Å². The van der Waals surface area contributed by atoms with Crippen molar-refractivity contribution >= 4 is 17.1 Å². The molecular formula is C27H57N3O3. The largest absolute Gasteiger partial charge is 0.396 e. The van der Waals surface area contributed by atoms with E-state index in [1.807, 2.05) is 41.5 Å². The van der Waals surface area contributed by atoms with Gasteiger partial charge in [-0.15, -0.1) is 0 Å². The second-order valence-electron chi connectivity index (χ2n) is 8.80. The summed E-state index contributed by atoms with van der Waals surface area (Å²) in [6.45, 7) is 20.5. The summed E-state index contributed by atoms with van der Waals surface area (Å²) in [4.78, 5) is 15.1. The molecule has 0 aromatic carbocycles. The molecule has 0 unspecified atom stereocenters. The molecule has 0 rings (SSSR count). The van der Waals surface area contributed by atoms with E-state index in [2.05, 4.69) is 36.2 Å². The molecule has 0 amide bonds. The molecule has 0 aromatic heterocycles. The highest BCUT2D eigenvalue weighted by Crippen LogP contribution is 2.00. The molecule has 6 nitrogen and oxygen atoms in total. The van der Waals surface area contributed by atoms with Gasteiger partial charge in [0.05, 0.1) is 17.1 Å². The first-order valence-electron chi connectivity index (χ1n) is 13.2. The van der Waals surface area contributed by atoms with E-state index in [1.54, 1.807) is 0 Å². The van der Waals surface area contributed by atoms with Crippen molar-refractivity contribution in [2.75, 3.05) is 19.8 Å². The zero-order valence-electron chi connectivity index (χ0n) is 23.7.